The van der Waals surface area contributed by atoms with Crippen molar-refractivity contribution in [2.24, 2.45) is 11.1 Å². The number of nitrogens with two attached hydrogens (primary N) is 1. The van der Waals surface area contributed by atoms with Crippen LogP contribution < -0.4 is 5.73 Å². The summed E-state index contributed by atoms with van der Waals surface area (Å²) in [6.45, 7) is 1.95. The van der Waals surface area contributed by atoms with Crippen molar-refractivity contribution in [3.8, 4) is 0 Å². The van der Waals surface area contributed by atoms with Crippen LogP contribution in [0.4, 0.5) is 0 Å². The molecule has 0 saturated heterocycles. The average Bonchev–Trinajstić information content (AvgIpc) is 3.06. The first-order chi connectivity index (χ1) is 7.96. The minimum Gasteiger partial charge on any atom is -0.396 e. The predicted octanol–water partition coefficient (Wildman–Crippen LogP) is 0.478. The molecule has 0 unspecified atom stereocenters. The number of aryl methyl sites for hydroxylation is 1. The lowest BCUT2D eigenvalue weighted by molar-refractivity contribution is 0.217. The second-order valence-corrected chi connectivity index (χ2v) is 6.91. The lowest BCUT2D eigenvalue weighted by Gasteiger charge is -2.11. The van der Waals surface area contributed by atoms with E-state index in [1.165, 1.54) is 0 Å². The molecule has 5 heteroatoms. The number of rotatable bonds is 4. The minimum absolute atomic E-state index is 0.167. The molecular weight excluding hydrogens is 238 g/mol. The molecule has 1 aliphatic rings. The first-order valence-corrected chi connectivity index (χ1v) is 7.12. The lowest BCUT2D eigenvalue weighted by atomic mass is 10.1. The van der Waals surface area contributed by atoms with Crippen molar-refractivity contribution >= 4 is 9.84 Å². The van der Waals surface area contributed by atoms with Gasteiger partial charge in [-0.3, -0.25) is 0 Å². The Morgan fingerprint density at radius 2 is 2.00 bits per heavy atom. The molecule has 1 fully saturated rings. The van der Waals surface area contributed by atoms with Gasteiger partial charge in [0.05, 0.1) is 16.8 Å². The fourth-order valence-corrected chi connectivity index (χ4v) is 4.31. The van der Waals surface area contributed by atoms with E-state index in [2.05, 4.69) is 0 Å². The van der Waals surface area contributed by atoms with Crippen LogP contribution in [0.5, 0.6) is 0 Å². The first-order valence-electron chi connectivity index (χ1n) is 5.58. The Morgan fingerprint density at radius 1 is 1.41 bits per heavy atom. The summed E-state index contributed by atoms with van der Waals surface area (Å²) >= 11 is 0. The standard InChI is InChI=1S/C12H17NO3S/c1-9-2-4-10(5-3-9)17(15,16)11-6-12(11,7-13)8-14/h2-5,11,14H,6-8,13H2,1H3/t11-,12-/m0/s1. The van der Waals surface area contributed by atoms with E-state index in [9.17, 15) is 13.5 Å². The van der Waals surface area contributed by atoms with Crippen LogP contribution in [0.1, 0.15) is 12.0 Å². The normalized spacial score (nSPS) is 28.1. The first kappa shape index (κ1) is 12.5. The lowest BCUT2D eigenvalue weighted by Crippen LogP contribution is -2.27. The summed E-state index contributed by atoms with van der Waals surface area (Å²) in [4.78, 5) is 0.317. The van der Waals surface area contributed by atoms with Crippen molar-refractivity contribution in [2.45, 2.75) is 23.5 Å². The summed E-state index contributed by atoms with van der Waals surface area (Å²) in [7, 11) is -3.35. The zero-order valence-corrected chi connectivity index (χ0v) is 10.6. The van der Waals surface area contributed by atoms with Gasteiger partial charge >= 0.3 is 0 Å². The van der Waals surface area contributed by atoms with Crippen LogP contribution in [0.2, 0.25) is 0 Å². The van der Waals surface area contributed by atoms with Gasteiger partial charge in [-0.1, -0.05) is 17.7 Å². The Kier molecular flexibility index (Phi) is 3.01. The molecule has 1 aliphatic carbocycles. The van der Waals surface area contributed by atoms with E-state index in [0.717, 1.165) is 5.56 Å². The molecule has 0 amide bonds. The summed E-state index contributed by atoms with van der Waals surface area (Å²) < 4.78 is 24.5. The van der Waals surface area contributed by atoms with Gasteiger partial charge in [-0.05, 0) is 25.5 Å². The second-order valence-electron chi connectivity index (χ2n) is 4.78. The highest BCUT2D eigenvalue weighted by Gasteiger charge is 2.60. The molecule has 3 N–H and O–H groups in total. The molecule has 0 bridgehead atoms. The van der Waals surface area contributed by atoms with Gasteiger partial charge in [0.2, 0.25) is 0 Å². The van der Waals surface area contributed by atoms with Crippen LogP contribution in [-0.4, -0.2) is 31.9 Å². The average molecular weight is 255 g/mol. The molecule has 1 saturated carbocycles. The van der Waals surface area contributed by atoms with Gasteiger partial charge in [0.1, 0.15) is 0 Å². The molecule has 0 aliphatic heterocycles. The maximum Gasteiger partial charge on any atom is 0.181 e. The van der Waals surface area contributed by atoms with Crippen LogP contribution in [0.3, 0.4) is 0 Å². The minimum atomic E-state index is -3.35. The fraction of sp³-hybridized carbons (Fsp3) is 0.500. The van der Waals surface area contributed by atoms with Crippen LogP contribution in [0.25, 0.3) is 0 Å². The molecule has 17 heavy (non-hydrogen) atoms. The summed E-state index contributed by atoms with van der Waals surface area (Å²) in [5.74, 6) is 0. The van der Waals surface area contributed by atoms with E-state index in [1.807, 2.05) is 6.92 Å². The van der Waals surface area contributed by atoms with Gasteiger partial charge < -0.3 is 10.8 Å². The fourth-order valence-electron chi connectivity index (χ4n) is 2.09. The number of hydrogen-bond acceptors (Lipinski definition) is 4. The maximum atomic E-state index is 12.3. The Balaban J connectivity index is 2.30. The molecular formula is C12H17NO3S. The number of aliphatic hydroxyl groups is 1. The highest BCUT2D eigenvalue weighted by atomic mass is 32.2. The molecule has 2 rings (SSSR count). The summed E-state index contributed by atoms with van der Waals surface area (Å²) in [5, 5.41) is 8.70. The van der Waals surface area contributed by atoms with Crippen molar-refractivity contribution in [3.63, 3.8) is 0 Å². The number of benzene rings is 1. The molecule has 0 spiro atoms. The van der Waals surface area contributed by atoms with E-state index in [0.29, 0.717) is 11.3 Å². The third-order valence-electron chi connectivity index (χ3n) is 3.56. The van der Waals surface area contributed by atoms with E-state index < -0.39 is 20.5 Å². The predicted molar refractivity (Wildman–Crippen MR) is 65.3 cm³/mol. The Labute approximate surface area is 101 Å². The zero-order valence-electron chi connectivity index (χ0n) is 9.76. The number of aliphatic hydroxyl groups excluding tert-OH is 1. The third kappa shape index (κ3) is 1.99. The van der Waals surface area contributed by atoms with Crippen LogP contribution in [0, 0.1) is 12.3 Å². The third-order valence-corrected chi connectivity index (χ3v) is 5.91. The Hall–Kier alpha value is -0.910. The molecule has 0 radical (unpaired) electrons. The second kappa shape index (κ2) is 4.08. The molecule has 1 aromatic rings. The van der Waals surface area contributed by atoms with Crippen molar-refractivity contribution in [1.82, 2.24) is 0 Å². The van der Waals surface area contributed by atoms with E-state index in [-0.39, 0.29) is 13.2 Å². The molecule has 4 nitrogen and oxygen atoms in total. The van der Waals surface area contributed by atoms with Crippen molar-refractivity contribution in [3.05, 3.63) is 29.8 Å². The maximum absolute atomic E-state index is 12.3. The summed E-state index contributed by atoms with van der Waals surface area (Å²) in [6.07, 6.45) is 0.455. The van der Waals surface area contributed by atoms with Gasteiger partial charge in [0, 0.05) is 12.0 Å². The van der Waals surface area contributed by atoms with Gasteiger partial charge in [-0.15, -0.1) is 0 Å². The van der Waals surface area contributed by atoms with Crippen molar-refractivity contribution < 1.29 is 13.5 Å². The SMILES string of the molecule is Cc1ccc(S(=O)(=O)[C@H]2C[C@]2(CN)CO)cc1. The van der Waals surface area contributed by atoms with E-state index in [4.69, 9.17) is 5.73 Å². The van der Waals surface area contributed by atoms with Crippen molar-refractivity contribution in [2.75, 3.05) is 13.2 Å². The van der Waals surface area contributed by atoms with Gasteiger partial charge in [0.15, 0.2) is 9.84 Å². The van der Waals surface area contributed by atoms with Crippen molar-refractivity contribution in [1.29, 1.82) is 0 Å². The monoisotopic (exact) mass is 255 g/mol. The Bertz CT molecular complexity index is 503. The summed E-state index contributed by atoms with van der Waals surface area (Å²) in [6, 6.07) is 6.78. The van der Waals surface area contributed by atoms with Gasteiger partial charge in [-0.25, -0.2) is 8.42 Å². The van der Waals surface area contributed by atoms with E-state index >= 15 is 0 Å². The summed E-state index contributed by atoms with van der Waals surface area (Å²) in [5.41, 5.74) is 5.94. The molecule has 1 aromatic carbocycles. The number of hydrogen-bond donors (Lipinski definition) is 2. The number of sulfone groups is 1. The zero-order chi connectivity index (χ0) is 12.7. The largest absolute Gasteiger partial charge is 0.396 e. The Morgan fingerprint density at radius 3 is 2.41 bits per heavy atom. The molecule has 0 aromatic heterocycles. The topological polar surface area (TPSA) is 80.4 Å². The van der Waals surface area contributed by atoms with Crippen LogP contribution in [0.15, 0.2) is 29.2 Å². The molecule has 94 valence electrons. The van der Waals surface area contributed by atoms with Crippen LogP contribution in [-0.2, 0) is 9.84 Å². The highest BCUT2D eigenvalue weighted by Crippen LogP contribution is 2.51. The van der Waals surface area contributed by atoms with Crippen LogP contribution >= 0.6 is 0 Å². The van der Waals surface area contributed by atoms with Gasteiger partial charge in [0.25, 0.3) is 0 Å². The smallest absolute Gasteiger partial charge is 0.181 e. The van der Waals surface area contributed by atoms with Gasteiger partial charge in [-0.2, -0.15) is 0 Å². The quantitative estimate of drug-likeness (QED) is 0.820. The molecule has 2 atom stereocenters. The highest BCUT2D eigenvalue weighted by molar-refractivity contribution is 7.92. The molecule has 0 heterocycles. The van der Waals surface area contributed by atoms with E-state index in [1.54, 1.807) is 24.3 Å².